The number of anilines is 2. The molecule has 3 aromatic rings. The van der Waals surface area contributed by atoms with Crippen molar-refractivity contribution in [1.82, 2.24) is 4.98 Å². The Hall–Kier alpha value is -3.46. The first-order chi connectivity index (χ1) is 14.4. The molecule has 1 N–H and O–H groups in total. The van der Waals surface area contributed by atoms with Gasteiger partial charge in [-0.25, -0.2) is 4.39 Å². The number of carbonyl (C=O) groups is 1. The van der Waals surface area contributed by atoms with Crippen molar-refractivity contribution in [2.45, 2.75) is 26.7 Å². The molecule has 1 saturated heterocycles. The normalized spacial score (nSPS) is 14.5. The predicted octanol–water partition coefficient (Wildman–Crippen LogP) is 4.72. The number of halogens is 1. The standard InChI is InChI=1S/C24H23FN4O/c1-15-9-16(2)11-20(10-15)28-24(30)17-5-7-29(8-6-17)23-18(13-26)14-27-22-4-3-19(25)12-21(22)23/h3-4,9-12,14,17H,5-8H2,1-2H3,(H,28,30). The third-order valence-corrected chi connectivity index (χ3v) is 5.59. The summed E-state index contributed by atoms with van der Waals surface area (Å²) in [4.78, 5) is 19.1. The molecule has 0 spiro atoms. The zero-order valence-electron chi connectivity index (χ0n) is 17.1. The summed E-state index contributed by atoms with van der Waals surface area (Å²) in [5.41, 5.74) is 4.82. The molecule has 0 bridgehead atoms. The van der Waals surface area contributed by atoms with Crippen LogP contribution < -0.4 is 10.2 Å². The number of carbonyl (C=O) groups excluding carboxylic acids is 1. The van der Waals surface area contributed by atoms with E-state index in [0.717, 1.165) is 16.8 Å². The summed E-state index contributed by atoms with van der Waals surface area (Å²) in [6.07, 6.45) is 2.87. The van der Waals surface area contributed by atoms with Gasteiger partial charge in [-0.1, -0.05) is 6.07 Å². The molecule has 1 fully saturated rings. The van der Waals surface area contributed by atoms with Crippen molar-refractivity contribution in [3.05, 3.63) is 65.1 Å². The lowest BCUT2D eigenvalue weighted by Crippen LogP contribution is -2.38. The van der Waals surface area contributed by atoms with E-state index in [1.807, 2.05) is 26.0 Å². The lowest BCUT2D eigenvalue weighted by atomic mass is 9.94. The third-order valence-electron chi connectivity index (χ3n) is 5.59. The van der Waals surface area contributed by atoms with E-state index < -0.39 is 0 Å². The summed E-state index contributed by atoms with van der Waals surface area (Å²) in [5.74, 6) is -0.438. The number of hydrogen-bond donors (Lipinski definition) is 1. The number of nitrogens with zero attached hydrogens (tertiary/aromatic N) is 3. The van der Waals surface area contributed by atoms with Crippen molar-refractivity contribution in [1.29, 1.82) is 5.26 Å². The lowest BCUT2D eigenvalue weighted by Gasteiger charge is -2.34. The van der Waals surface area contributed by atoms with Crippen molar-refractivity contribution >= 4 is 28.2 Å². The van der Waals surface area contributed by atoms with Gasteiger partial charge < -0.3 is 10.2 Å². The molecule has 1 amide bonds. The molecule has 2 aromatic carbocycles. The number of nitrogens with one attached hydrogen (secondary N) is 1. The Morgan fingerprint density at radius 2 is 1.87 bits per heavy atom. The number of pyridine rings is 1. The van der Waals surface area contributed by atoms with Crippen LogP contribution in [0, 0.1) is 36.9 Å². The number of hydrogen-bond acceptors (Lipinski definition) is 4. The quantitative estimate of drug-likeness (QED) is 0.688. The summed E-state index contributed by atoms with van der Waals surface area (Å²) < 4.78 is 13.9. The second-order valence-corrected chi connectivity index (χ2v) is 7.92. The van der Waals surface area contributed by atoms with E-state index in [0.29, 0.717) is 48.1 Å². The first kappa shape index (κ1) is 19.8. The van der Waals surface area contributed by atoms with Crippen molar-refractivity contribution in [3.63, 3.8) is 0 Å². The molecule has 1 aliphatic rings. The van der Waals surface area contributed by atoms with Crippen molar-refractivity contribution in [2.24, 2.45) is 5.92 Å². The molecule has 0 atom stereocenters. The van der Waals surface area contributed by atoms with E-state index in [9.17, 15) is 14.4 Å². The summed E-state index contributed by atoms with van der Waals surface area (Å²) in [6.45, 7) is 5.26. The lowest BCUT2D eigenvalue weighted by molar-refractivity contribution is -0.120. The molecule has 6 heteroatoms. The molecule has 0 aliphatic carbocycles. The van der Waals surface area contributed by atoms with Gasteiger partial charge in [-0.2, -0.15) is 5.26 Å². The summed E-state index contributed by atoms with van der Waals surface area (Å²) in [5, 5.41) is 13.2. The Kier molecular flexibility index (Phi) is 5.37. The van der Waals surface area contributed by atoms with Crippen LogP contribution in [0.1, 0.15) is 29.5 Å². The molecule has 0 saturated carbocycles. The summed E-state index contributed by atoms with van der Waals surface area (Å²) >= 11 is 0. The van der Waals surface area contributed by atoms with Gasteiger partial charge in [0.25, 0.3) is 0 Å². The number of rotatable bonds is 3. The van der Waals surface area contributed by atoms with E-state index in [2.05, 4.69) is 27.3 Å². The molecule has 0 unspecified atom stereocenters. The van der Waals surface area contributed by atoms with Gasteiger partial charge in [0.15, 0.2) is 0 Å². The van der Waals surface area contributed by atoms with Crippen molar-refractivity contribution in [3.8, 4) is 6.07 Å². The molecule has 5 nitrogen and oxygen atoms in total. The van der Waals surface area contributed by atoms with Crippen LogP contribution in [0.5, 0.6) is 0 Å². The van der Waals surface area contributed by atoms with Gasteiger partial charge in [-0.15, -0.1) is 0 Å². The van der Waals surface area contributed by atoms with Gasteiger partial charge in [0.1, 0.15) is 11.9 Å². The molecule has 4 rings (SSSR count). The van der Waals surface area contributed by atoms with Crippen LogP contribution in [-0.4, -0.2) is 24.0 Å². The molecular weight excluding hydrogens is 379 g/mol. The second kappa shape index (κ2) is 8.11. The van der Waals surface area contributed by atoms with E-state index in [4.69, 9.17) is 0 Å². The van der Waals surface area contributed by atoms with Gasteiger partial charge >= 0.3 is 0 Å². The molecular formula is C24H23FN4O. The van der Waals surface area contributed by atoms with Gasteiger partial charge in [0, 0.05) is 36.3 Å². The summed E-state index contributed by atoms with van der Waals surface area (Å²) in [6, 6.07) is 12.6. The Labute approximate surface area is 175 Å². The zero-order valence-corrected chi connectivity index (χ0v) is 17.1. The molecule has 1 aromatic heterocycles. The summed E-state index contributed by atoms with van der Waals surface area (Å²) in [7, 11) is 0. The van der Waals surface area contributed by atoms with Crippen LogP contribution in [-0.2, 0) is 4.79 Å². The number of aryl methyl sites for hydroxylation is 2. The molecule has 0 radical (unpaired) electrons. The number of fused-ring (bicyclic) bond motifs is 1. The number of amides is 1. The van der Waals surface area contributed by atoms with Crippen LogP contribution in [0.4, 0.5) is 15.8 Å². The number of benzene rings is 2. The first-order valence-corrected chi connectivity index (χ1v) is 10.1. The Morgan fingerprint density at radius 3 is 2.53 bits per heavy atom. The molecule has 2 heterocycles. The van der Waals surface area contributed by atoms with Crippen LogP contribution in [0.2, 0.25) is 0 Å². The van der Waals surface area contributed by atoms with Gasteiger partial charge in [-0.05, 0) is 68.1 Å². The predicted molar refractivity (Wildman–Crippen MR) is 116 cm³/mol. The fourth-order valence-electron chi connectivity index (χ4n) is 4.23. The SMILES string of the molecule is Cc1cc(C)cc(NC(=O)C2CCN(c3c(C#N)cnc4ccc(F)cc34)CC2)c1. The third kappa shape index (κ3) is 3.97. The van der Waals surface area contributed by atoms with E-state index in [1.165, 1.54) is 18.3 Å². The average Bonchev–Trinajstić information content (AvgIpc) is 2.72. The van der Waals surface area contributed by atoms with Crippen molar-refractivity contribution < 1.29 is 9.18 Å². The average molecular weight is 402 g/mol. The maximum absolute atomic E-state index is 13.9. The minimum atomic E-state index is -0.358. The van der Waals surface area contributed by atoms with Gasteiger partial charge in [0.05, 0.1) is 16.8 Å². The highest BCUT2D eigenvalue weighted by Gasteiger charge is 2.27. The second-order valence-electron chi connectivity index (χ2n) is 7.92. The maximum atomic E-state index is 13.9. The van der Waals surface area contributed by atoms with Gasteiger partial charge in [-0.3, -0.25) is 9.78 Å². The monoisotopic (exact) mass is 402 g/mol. The van der Waals surface area contributed by atoms with Crippen LogP contribution >= 0.6 is 0 Å². The fourth-order valence-corrected chi connectivity index (χ4v) is 4.23. The maximum Gasteiger partial charge on any atom is 0.227 e. The Morgan fingerprint density at radius 1 is 1.17 bits per heavy atom. The van der Waals surface area contributed by atoms with Crippen molar-refractivity contribution in [2.75, 3.05) is 23.3 Å². The minimum absolute atomic E-state index is 0.0192. The van der Waals surface area contributed by atoms with E-state index in [1.54, 1.807) is 6.07 Å². The smallest absolute Gasteiger partial charge is 0.227 e. The molecule has 152 valence electrons. The Balaban J connectivity index is 1.51. The minimum Gasteiger partial charge on any atom is -0.370 e. The first-order valence-electron chi connectivity index (χ1n) is 10.1. The largest absolute Gasteiger partial charge is 0.370 e. The molecule has 30 heavy (non-hydrogen) atoms. The number of piperidine rings is 1. The Bertz CT molecular complexity index is 1140. The number of aromatic nitrogens is 1. The highest BCUT2D eigenvalue weighted by atomic mass is 19.1. The molecule has 1 aliphatic heterocycles. The number of nitriles is 1. The topological polar surface area (TPSA) is 69.0 Å². The van der Waals surface area contributed by atoms with Crippen LogP contribution in [0.15, 0.2) is 42.6 Å². The van der Waals surface area contributed by atoms with Crippen LogP contribution in [0.3, 0.4) is 0 Å². The fraction of sp³-hybridized carbons (Fsp3) is 0.292. The highest BCUT2D eigenvalue weighted by molar-refractivity contribution is 5.95. The zero-order chi connectivity index (χ0) is 21.3. The van der Waals surface area contributed by atoms with E-state index in [-0.39, 0.29) is 17.6 Å². The van der Waals surface area contributed by atoms with Gasteiger partial charge in [0.2, 0.25) is 5.91 Å². The van der Waals surface area contributed by atoms with Crippen LogP contribution in [0.25, 0.3) is 10.9 Å². The highest BCUT2D eigenvalue weighted by Crippen LogP contribution is 2.33. The van der Waals surface area contributed by atoms with E-state index >= 15 is 0 Å².